The predicted molar refractivity (Wildman–Crippen MR) is 62.6 cm³/mol. The lowest BCUT2D eigenvalue weighted by atomic mass is 10.0. The number of allylic oxidation sites excluding steroid dienone is 2. The number of rotatable bonds is 2. The molecule has 0 amide bonds. The summed E-state index contributed by atoms with van der Waals surface area (Å²) < 4.78 is 1.17. The third-order valence-electron chi connectivity index (χ3n) is 1.88. The smallest absolute Gasteiger partial charge is 0.0250 e. The van der Waals surface area contributed by atoms with Crippen LogP contribution in [0.2, 0.25) is 0 Å². The molecule has 70 valence electrons. The zero-order chi connectivity index (χ0) is 9.84. The monoisotopic (exact) mass is 238 g/mol. The van der Waals surface area contributed by atoms with Gasteiger partial charge in [-0.05, 0) is 30.0 Å². The molecule has 1 aromatic rings. The summed E-state index contributed by atoms with van der Waals surface area (Å²) in [5.41, 5.74) is 2.62. The maximum atomic E-state index is 3.55. The minimum absolute atomic E-state index is 0.604. The van der Waals surface area contributed by atoms with Crippen molar-refractivity contribution in [3.8, 4) is 0 Å². The molecule has 0 aromatic heterocycles. The van der Waals surface area contributed by atoms with Crippen molar-refractivity contribution >= 4 is 21.5 Å². The van der Waals surface area contributed by atoms with Crippen LogP contribution in [0.3, 0.4) is 0 Å². The highest BCUT2D eigenvalue weighted by Crippen LogP contribution is 2.24. The Labute approximate surface area is 88.8 Å². The number of hydrogen-bond donors (Lipinski definition) is 0. The zero-order valence-corrected chi connectivity index (χ0v) is 9.93. The van der Waals surface area contributed by atoms with Gasteiger partial charge in [0.2, 0.25) is 0 Å². The first kappa shape index (κ1) is 10.5. The molecule has 0 saturated heterocycles. The first-order chi connectivity index (χ1) is 6.11. The summed E-state index contributed by atoms with van der Waals surface area (Å²) in [6.45, 7) is 6.54. The third kappa shape index (κ3) is 3.00. The second-order valence-corrected chi connectivity index (χ2v) is 4.43. The molecule has 0 unspecified atom stereocenters. The van der Waals surface area contributed by atoms with Crippen molar-refractivity contribution in [3.63, 3.8) is 0 Å². The zero-order valence-electron chi connectivity index (χ0n) is 8.34. The van der Waals surface area contributed by atoms with Crippen LogP contribution in [-0.2, 0) is 0 Å². The quantitative estimate of drug-likeness (QED) is 0.712. The van der Waals surface area contributed by atoms with Crippen molar-refractivity contribution in [2.45, 2.75) is 20.8 Å². The van der Waals surface area contributed by atoms with E-state index in [0.29, 0.717) is 5.92 Å². The Morgan fingerprint density at radius 2 is 1.92 bits per heavy atom. The molecule has 1 rings (SSSR count). The van der Waals surface area contributed by atoms with Crippen molar-refractivity contribution < 1.29 is 0 Å². The predicted octanol–water partition coefficient (Wildman–Crippen LogP) is 4.51. The molecule has 0 radical (unpaired) electrons. The Morgan fingerprint density at radius 1 is 1.31 bits per heavy atom. The summed E-state index contributed by atoms with van der Waals surface area (Å²) in [6, 6.07) is 8.32. The van der Waals surface area contributed by atoms with Crippen LogP contribution >= 0.6 is 15.9 Å². The lowest BCUT2D eigenvalue weighted by Gasteiger charge is -2.05. The summed E-state index contributed by atoms with van der Waals surface area (Å²) in [5.74, 6) is 0.604. The molecule has 0 nitrogen and oxygen atoms in total. The Kier molecular flexibility index (Phi) is 3.73. The Bertz CT molecular complexity index is 311. The van der Waals surface area contributed by atoms with Crippen LogP contribution < -0.4 is 0 Å². The maximum Gasteiger partial charge on any atom is 0.0250 e. The van der Waals surface area contributed by atoms with E-state index in [1.807, 2.05) is 6.07 Å². The van der Waals surface area contributed by atoms with Gasteiger partial charge >= 0.3 is 0 Å². The largest absolute Gasteiger partial charge is 0.0784 e. The first-order valence-electron chi connectivity index (χ1n) is 4.54. The summed E-state index contributed by atoms with van der Waals surface area (Å²) >= 11 is 3.55. The Balaban J connectivity index is 3.02. The third-order valence-corrected chi connectivity index (χ3v) is 2.57. The van der Waals surface area contributed by atoms with Gasteiger partial charge in [-0.25, -0.2) is 0 Å². The molecule has 0 aliphatic rings. The fourth-order valence-corrected chi connectivity index (χ4v) is 1.97. The molecule has 0 atom stereocenters. The molecule has 0 aliphatic heterocycles. The molecule has 13 heavy (non-hydrogen) atoms. The van der Waals surface area contributed by atoms with Gasteiger partial charge in [0.1, 0.15) is 0 Å². The lowest BCUT2D eigenvalue weighted by molar-refractivity contribution is 0.833. The van der Waals surface area contributed by atoms with E-state index < -0.39 is 0 Å². The fourth-order valence-electron chi connectivity index (χ4n) is 1.37. The van der Waals surface area contributed by atoms with Gasteiger partial charge < -0.3 is 0 Å². The topological polar surface area (TPSA) is 0 Å². The summed E-state index contributed by atoms with van der Waals surface area (Å²) in [5, 5.41) is 0. The second kappa shape index (κ2) is 4.61. The molecule has 0 bridgehead atoms. The van der Waals surface area contributed by atoms with Crippen molar-refractivity contribution in [1.82, 2.24) is 0 Å². The van der Waals surface area contributed by atoms with Gasteiger partial charge in [-0.3, -0.25) is 0 Å². The van der Waals surface area contributed by atoms with Crippen LogP contribution in [0.4, 0.5) is 0 Å². The van der Waals surface area contributed by atoms with E-state index >= 15 is 0 Å². The van der Waals surface area contributed by atoms with Crippen molar-refractivity contribution in [1.29, 1.82) is 0 Å². The second-order valence-electron chi connectivity index (χ2n) is 3.57. The minimum Gasteiger partial charge on any atom is -0.0784 e. The van der Waals surface area contributed by atoms with Crippen molar-refractivity contribution in [3.05, 3.63) is 40.4 Å². The number of hydrogen-bond acceptors (Lipinski definition) is 0. The molecule has 0 spiro atoms. The van der Waals surface area contributed by atoms with E-state index in [-0.39, 0.29) is 0 Å². The average Bonchev–Trinajstić information content (AvgIpc) is 2.03. The van der Waals surface area contributed by atoms with Gasteiger partial charge in [0.25, 0.3) is 0 Å². The SMILES string of the molecule is CC(=CC(C)C)c1ccccc1Br. The van der Waals surface area contributed by atoms with Crippen LogP contribution in [0.1, 0.15) is 26.3 Å². The van der Waals surface area contributed by atoms with Crippen LogP contribution in [0.5, 0.6) is 0 Å². The van der Waals surface area contributed by atoms with Gasteiger partial charge in [0.05, 0.1) is 0 Å². The number of benzene rings is 1. The molecule has 0 N–H and O–H groups in total. The highest BCUT2D eigenvalue weighted by Gasteiger charge is 2.00. The fraction of sp³-hybridized carbons (Fsp3) is 0.333. The van der Waals surface area contributed by atoms with Crippen LogP contribution in [0, 0.1) is 5.92 Å². The molecule has 0 aliphatic carbocycles. The molecule has 0 fully saturated rings. The van der Waals surface area contributed by atoms with E-state index in [9.17, 15) is 0 Å². The standard InChI is InChI=1S/C12H15Br/c1-9(2)8-10(3)11-6-4-5-7-12(11)13/h4-9H,1-3H3. The first-order valence-corrected chi connectivity index (χ1v) is 5.34. The molecule has 1 aromatic carbocycles. The van der Waals surface area contributed by atoms with E-state index in [1.54, 1.807) is 0 Å². The summed E-state index contributed by atoms with van der Waals surface area (Å²) in [7, 11) is 0. The average molecular weight is 239 g/mol. The van der Waals surface area contributed by atoms with Crippen LogP contribution in [0.25, 0.3) is 5.57 Å². The number of halogens is 1. The van der Waals surface area contributed by atoms with Crippen LogP contribution in [-0.4, -0.2) is 0 Å². The highest BCUT2D eigenvalue weighted by molar-refractivity contribution is 9.10. The van der Waals surface area contributed by atoms with E-state index in [0.717, 1.165) is 0 Å². The van der Waals surface area contributed by atoms with Gasteiger partial charge in [0, 0.05) is 4.47 Å². The van der Waals surface area contributed by atoms with Crippen molar-refractivity contribution in [2.75, 3.05) is 0 Å². The minimum atomic E-state index is 0.604. The van der Waals surface area contributed by atoms with E-state index in [2.05, 4.69) is 61.0 Å². The van der Waals surface area contributed by atoms with Crippen molar-refractivity contribution in [2.24, 2.45) is 5.92 Å². The van der Waals surface area contributed by atoms with E-state index in [1.165, 1.54) is 15.6 Å². The van der Waals surface area contributed by atoms with Gasteiger partial charge in [-0.2, -0.15) is 0 Å². The maximum absolute atomic E-state index is 3.55. The van der Waals surface area contributed by atoms with Gasteiger partial charge in [-0.1, -0.05) is 54.1 Å². The van der Waals surface area contributed by atoms with Gasteiger partial charge in [0.15, 0.2) is 0 Å². The van der Waals surface area contributed by atoms with E-state index in [4.69, 9.17) is 0 Å². The molecular formula is C12H15Br. The lowest BCUT2D eigenvalue weighted by Crippen LogP contribution is -1.85. The molecule has 1 heteroatoms. The Morgan fingerprint density at radius 3 is 2.46 bits per heavy atom. The molecule has 0 saturated carbocycles. The van der Waals surface area contributed by atoms with Gasteiger partial charge in [-0.15, -0.1) is 0 Å². The summed E-state index contributed by atoms with van der Waals surface area (Å²) in [6.07, 6.45) is 2.28. The summed E-state index contributed by atoms with van der Waals surface area (Å²) in [4.78, 5) is 0. The molecular weight excluding hydrogens is 224 g/mol. The highest BCUT2D eigenvalue weighted by atomic mass is 79.9. The normalized spacial score (nSPS) is 12.2. The Hall–Kier alpha value is -0.560. The van der Waals surface area contributed by atoms with Crippen LogP contribution in [0.15, 0.2) is 34.8 Å². The molecule has 0 heterocycles.